The molecule has 0 saturated heterocycles. The lowest BCUT2D eigenvalue weighted by molar-refractivity contribution is 0.00329. The zero-order chi connectivity index (χ0) is 18.4. The van der Waals surface area contributed by atoms with Gasteiger partial charge < -0.3 is 24.4 Å². The van der Waals surface area contributed by atoms with E-state index in [0.29, 0.717) is 35.8 Å². The van der Waals surface area contributed by atoms with E-state index in [9.17, 15) is 10.2 Å². The minimum absolute atomic E-state index is 0.0799. The Morgan fingerprint density at radius 1 is 0.760 bits per heavy atom. The van der Waals surface area contributed by atoms with Gasteiger partial charge in [-0.15, -0.1) is 0 Å². The molecule has 0 fully saturated rings. The number of benzene rings is 2. The number of para-hydroxylation sites is 2. The summed E-state index contributed by atoms with van der Waals surface area (Å²) in [7, 11) is 0. The molecule has 2 N–H and O–H groups in total. The van der Waals surface area contributed by atoms with Crippen LogP contribution >= 0.6 is 0 Å². The smallest absolute Gasteiger partial charge is 0.163 e. The Morgan fingerprint density at radius 3 is 1.52 bits per heavy atom. The van der Waals surface area contributed by atoms with Crippen molar-refractivity contribution in [2.45, 2.75) is 39.9 Å². The first kappa shape index (κ1) is 18.9. The van der Waals surface area contributed by atoms with Crippen LogP contribution in [0.1, 0.15) is 51.0 Å². The molecule has 2 aromatic rings. The maximum atomic E-state index is 10.4. The fourth-order valence-electron chi connectivity index (χ4n) is 2.73. The molecule has 2 atom stereocenters. The molecule has 0 amide bonds. The summed E-state index contributed by atoms with van der Waals surface area (Å²) in [6, 6.07) is 10.7. The third-order valence-corrected chi connectivity index (χ3v) is 3.94. The molecular formula is C20H26O5. The van der Waals surface area contributed by atoms with Crippen molar-refractivity contribution in [3.8, 4) is 23.0 Å². The summed E-state index contributed by atoms with van der Waals surface area (Å²) in [4.78, 5) is 0. The van der Waals surface area contributed by atoms with Gasteiger partial charge >= 0.3 is 0 Å². The van der Waals surface area contributed by atoms with Gasteiger partial charge in [0.25, 0.3) is 0 Å². The second kappa shape index (κ2) is 8.62. The van der Waals surface area contributed by atoms with E-state index in [4.69, 9.17) is 14.2 Å². The molecule has 2 aromatic carbocycles. The molecule has 5 nitrogen and oxygen atoms in total. The molecule has 136 valence electrons. The molecule has 25 heavy (non-hydrogen) atoms. The minimum Gasteiger partial charge on any atom is -0.504 e. The predicted molar refractivity (Wildman–Crippen MR) is 96.5 cm³/mol. The predicted octanol–water partition coefficient (Wildman–Crippen LogP) is 4.73. The van der Waals surface area contributed by atoms with Gasteiger partial charge in [-0.1, -0.05) is 24.3 Å². The number of ether oxygens (including phenoxy) is 3. The van der Waals surface area contributed by atoms with Crippen molar-refractivity contribution in [2.24, 2.45) is 0 Å². The zero-order valence-corrected chi connectivity index (χ0v) is 15.2. The standard InChI is InChI=1S/C20H26O5/c1-5-23-17-11-7-9-15(19(17)21)13(3)25-14(4)16-10-8-12-18(20(16)22)24-6-2/h7-14,21-22H,5-6H2,1-4H3. The third kappa shape index (κ3) is 4.37. The van der Waals surface area contributed by atoms with E-state index < -0.39 is 0 Å². The van der Waals surface area contributed by atoms with Crippen LogP contribution in [0.5, 0.6) is 23.0 Å². The highest BCUT2D eigenvalue weighted by Gasteiger charge is 2.20. The van der Waals surface area contributed by atoms with E-state index in [2.05, 4.69) is 0 Å². The highest BCUT2D eigenvalue weighted by atomic mass is 16.5. The van der Waals surface area contributed by atoms with Gasteiger partial charge in [-0.2, -0.15) is 0 Å². The van der Waals surface area contributed by atoms with Gasteiger partial charge in [0, 0.05) is 11.1 Å². The van der Waals surface area contributed by atoms with E-state index in [1.165, 1.54) is 0 Å². The van der Waals surface area contributed by atoms with Gasteiger partial charge in [-0.05, 0) is 39.8 Å². The molecule has 2 rings (SSSR count). The van der Waals surface area contributed by atoms with Crippen molar-refractivity contribution in [2.75, 3.05) is 13.2 Å². The Bertz CT molecular complexity index is 639. The van der Waals surface area contributed by atoms with Gasteiger partial charge in [0.2, 0.25) is 0 Å². The summed E-state index contributed by atoms with van der Waals surface area (Å²) < 4.78 is 16.9. The molecule has 0 radical (unpaired) electrons. The molecule has 0 aliphatic heterocycles. The van der Waals surface area contributed by atoms with Crippen molar-refractivity contribution < 1.29 is 24.4 Å². The largest absolute Gasteiger partial charge is 0.504 e. The third-order valence-electron chi connectivity index (χ3n) is 3.94. The molecule has 0 aromatic heterocycles. The monoisotopic (exact) mass is 346 g/mol. The van der Waals surface area contributed by atoms with Crippen molar-refractivity contribution in [1.82, 2.24) is 0 Å². The van der Waals surface area contributed by atoms with Crippen LogP contribution in [0.4, 0.5) is 0 Å². The van der Waals surface area contributed by atoms with Crippen LogP contribution < -0.4 is 9.47 Å². The molecular weight excluding hydrogens is 320 g/mol. The first-order chi connectivity index (χ1) is 12.0. The van der Waals surface area contributed by atoms with E-state index in [0.717, 1.165) is 0 Å². The van der Waals surface area contributed by atoms with Crippen LogP contribution in [0.3, 0.4) is 0 Å². The second-order valence-electron chi connectivity index (χ2n) is 5.67. The molecule has 5 heteroatoms. The fourth-order valence-corrected chi connectivity index (χ4v) is 2.73. The van der Waals surface area contributed by atoms with E-state index in [1.807, 2.05) is 39.8 Å². The number of hydrogen-bond acceptors (Lipinski definition) is 5. The zero-order valence-electron chi connectivity index (χ0n) is 15.2. The van der Waals surface area contributed by atoms with Crippen LogP contribution in [0.2, 0.25) is 0 Å². The average molecular weight is 346 g/mol. The van der Waals surface area contributed by atoms with Crippen LogP contribution in [-0.4, -0.2) is 23.4 Å². The lowest BCUT2D eigenvalue weighted by Gasteiger charge is -2.22. The molecule has 0 spiro atoms. The normalized spacial score (nSPS) is 13.3. The first-order valence-corrected chi connectivity index (χ1v) is 8.54. The van der Waals surface area contributed by atoms with E-state index >= 15 is 0 Å². The Labute approximate surface area is 148 Å². The van der Waals surface area contributed by atoms with Gasteiger partial charge in [0.15, 0.2) is 23.0 Å². The molecule has 2 unspecified atom stereocenters. The minimum atomic E-state index is -0.384. The lowest BCUT2D eigenvalue weighted by Crippen LogP contribution is -2.07. The van der Waals surface area contributed by atoms with Crippen molar-refractivity contribution in [3.63, 3.8) is 0 Å². The van der Waals surface area contributed by atoms with Gasteiger partial charge in [-0.25, -0.2) is 0 Å². The Hall–Kier alpha value is -2.40. The molecule has 0 aliphatic carbocycles. The maximum absolute atomic E-state index is 10.4. The number of aromatic hydroxyl groups is 2. The Morgan fingerprint density at radius 2 is 1.16 bits per heavy atom. The van der Waals surface area contributed by atoms with Crippen LogP contribution in [0.15, 0.2) is 36.4 Å². The summed E-state index contributed by atoms with van der Waals surface area (Å²) in [5, 5.41) is 20.7. The Kier molecular flexibility index (Phi) is 6.53. The Balaban J connectivity index is 2.19. The van der Waals surface area contributed by atoms with E-state index in [-0.39, 0.29) is 23.7 Å². The van der Waals surface area contributed by atoms with Gasteiger partial charge in [0.05, 0.1) is 25.4 Å². The summed E-state index contributed by atoms with van der Waals surface area (Å²) in [6.45, 7) is 8.38. The highest BCUT2D eigenvalue weighted by Crippen LogP contribution is 2.40. The fraction of sp³-hybridized carbons (Fsp3) is 0.400. The molecule has 0 bridgehead atoms. The average Bonchev–Trinajstić information content (AvgIpc) is 2.58. The number of rotatable bonds is 8. The second-order valence-corrected chi connectivity index (χ2v) is 5.67. The van der Waals surface area contributed by atoms with Crippen molar-refractivity contribution >= 4 is 0 Å². The summed E-state index contributed by atoms with van der Waals surface area (Å²) in [5.41, 5.74) is 1.27. The highest BCUT2D eigenvalue weighted by molar-refractivity contribution is 5.47. The first-order valence-electron chi connectivity index (χ1n) is 8.54. The number of phenolic OH excluding ortho intramolecular Hbond substituents is 2. The molecule has 0 aliphatic rings. The maximum Gasteiger partial charge on any atom is 0.163 e. The lowest BCUT2D eigenvalue weighted by atomic mass is 10.1. The topological polar surface area (TPSA) is 68.2 Å². The van der Waals surface area contributed by atoms with Crippen LogP contribution in [0, 0.1) is 0 Å². The molecule has 0 heterocycles. The van der Waals surface area contributed by atoms with Crippen LogP contribution in [-0.2, 0) is 4.74 Å². The van der Waals surface area contributed by atoms with Crippen LogP contribution in [0.25, 0.3) is 0 Å². The number of hydrogen-bond donors (Lipinski definition) is 2. The summed E-state index contributed by atoms with van der Waals surface area (Å²) >= 11 is 0. The van der Waals surface area contributed by atoms with Gasteiger partial charge in [-0.3, -0.25) is 0 Å². The quantitative estimate of drug-likeness (QED) is 0.723. The number of phenols is 2. The van der Waals surface area contributed by atoms with Gasteiger partial charge in [0.1, 0.15) is 0 Å². The van der Waals surface area contributed by atoms with Crippen molar-refractivity contribution in [3.05, 3.63) is 47.5 Å². The summed E-state index contributed by atoms with van der Waals surface area (Å²) in [5.74, 6) is 1.03. The SMILES string of the molecule is CCOc1cccc(C(C)OC(C)c2cccc(OCC)c2O)c1O. The van der Waals surface area contributed by atoms with Crippen molar-refractivity contribution in [1.29, 1.82) is 0 Å². The van der Waals surface area contributed by atoms with E-state index in [1.54, 1.807) is 24.3 Å². The summed E-state index contributed by atoms with van der Waals surface area (Å²) in [6.07, 6.45) is -0.767. The molecule has 0 saturated carbocycles.